The maximum Gasteiger partial charge on any atom is 0.223 e. The van der Waals surface area contributed by atoms with Gasteiger partial charge in [0, 0.05) is 13.1 Å². The zero-order valence-corrected chi connectivity index (χ0v) is 12.9. The Balaban J connectivity index is 2.82. The van der Waals surface area contributed by atoms with Gasteiger partial charge in [0.05, 0.1) is 4.99 Å². The molecule has 1 fully saturated rings. The quantitative estimate of drug-likeness (QED) is 0.786. The molecule has 1 aliphatic rings. The molecule has 0 bridgehead atoms. The van der Waals surface area contributed by atoms with Gasteiger partial charge in [-0.05, 0) is 31.6 Å². The van der Waals surface area contributed by atoms with E-state index in [0.717, 1.165) is 25.7 Å². The van der Waals surface area contributed by atoms with Crippen molar-refractivity contribution in [3.63, 3.8) is 0 Å². The van der Waals surface area contributed by atoms with Crippen molar-refractivity contribution in [1.29, 1.82) is 0 Å². The minimum Gasteiger partial charge on any atom is -0.392 e. The first-order valence-electron chi connectivity index (χ1n) is 6.71. The Hall–Kier alpha value is -0.200. The van der Waals surface area contributed by atoms with Crippen molar-refractivity contribution in [2.45, 2.75) is 51.2 Å². The van der Waals surface area contributed by atoms with E-state index in [1.165, 1.54) is 0 Å². The van der Waals surface area contributed by atoms with Crippen molar-refractivity contribution >= 4 is 27.2 Å². The zero-order chi connectivity index (χ0) is 13.8. The molecule has 106 valence electrons. The third kappa shape index (κ3) is 3.65. The van der Waals surface area contributed by atoms with Crippen LogP contribution in [0.1, 0.15) is 46.0 Å². The lowest BCUT2D eigenvalue weighted by atomic mass is 9.98. The van der Waals surface area contributed by atoms with E-state index in [9.17, 15) is 8.42 Å². The number of thiocarbonyl (C=S) groups is 1. The van der Waals surface area contributed by atoms with Crippen molar-refractivity contribution in [2.24, 2.45) is 11.7 Å². The molecule has 18 heavy (non-hydrogen) atoms. The summed E-state index contributed by atoms with van der Waals surface area (Å²) in [5, 5.41) is -0.703. The SMILES string of the molecule is CCC1CCCN(S(=O)(=O)C(CC)C(N)=S)CC1. The molecular formula is C12H24N2O2S2. The molecule has 0 amide bonds. The summed E-state index contributed by atoms with van der Waals surface area (Å²) in [6.45, 7) is 5.20. The van der Waals surface area contributed by atoms with Gasteiger partial charge in [0.2, 0.25) is 10.0 Å². The van der Waals surface area contributed by atoms with Crippen molar-refractivity contribution in [2.75, 3.05) is 13.1 Å². The zero-order valence-electron chi connectivity index (χ0n) is 11.3. The Morgan fingerprint density at radius 3 is 2.56 bits per heavy atom. The fourth-order valence-electron chi connectivity index (χ4n) is 2.54. The standard InChI is InChI=1S/C12H24N2O2S2/c1-3-10-6-5-8-14(9-7-10)18(15,16)11(4-2)12(13)17/h10-11H,3-9H2,1-2H3,(H2,13,17). The van der Waals surface area contributed by atoms with Gasteiger partial charge in [-0.15, -0.1) is 0 Å². The first-order chi connectivity index (χ1) is 8.43. The van der Waals surface area contributed by atoms with Crippen LogP contribution in [-0.2, 0) is 10.0 Å². The molecule has 1 saturated heterocycles. The first kappa shape index (κ1) is 15.9. The lowest BCUT2D eigenvalue weighted by Gasteiger charge is -2.25. The van der Waals surface area contributed by atoms with Crippen LogP contribution in [0.3, 0.4) is 0 Å². The van der Waals surface area contributed by atoms with Gasteiger partial charge < -0.3 is 5.73 Å². The first-order valence-corrected chi connectivity index (χ1v) is 8.62. The Morgan fingerprint density at radius 1 is 1.39 bits per heavy atom. The maximum atomic E-state index is 12.5. The molecule has 4 nitrogen and oxygen atoms in total. The van der Waals surface area contributed by atoms with Crippen LogP contribution in [0.25, 0.3) is 0 Å². The summed E-state index contributed by atoms with van der Waals surface area (Å²) in [7, 11) is -3.36. The fraction of sp³-hybridized carbons (Fsp3) is 0.917. The monoisotopic (exact) mass is 292 g/mol. The highest BCUT2D eigenvalue weighted by atomic mass is 32.2. The minimum absolute atomic E-state index is 0.0915. The molecule has 2 unspecified atom stereocenters. The molecule has 1 heterocycles. The summed E-state index contributed by atoms with van der Waals surface area (Å²) in [6, 6.07) is 0. The van der Waals surface area contributed by atoms with E-state index in [1.807, 2.05) is 6.92 Å². The number of rotatable bonds is 5. The van der Waals surface area contributed by atoms with Crippen molar-refractivity contribution in [3.05, 3.63) is 0 Å². The van der Waals surface area contributed by atoms with Crippen LogP contribution < -0.4 is 5.73 Å². The van der Waals surface area contributed by atoms with E-state index in [4.69, 9.17) is 18.0 Å². The molecule has 0 aromatic rings. The highest BCUT2D eigenvalue weighted by Crippen LogP contribution is 2.24. The Labute approximate surface area is 116 Å². The van der Waals surface area contributed by atoms with Gasteiger partial charge in [-0.3, -0.25) is 0 Å². The van der Waals surface area contributed by atoms with Crippen molar-refractivity contribution < 1.29 is 8.42 Å². The third-order valence-electron chi connectivity index (χ3n) is 3.79. The van der Waals surface area contributed by atoms with E-state index < -0.39 is 15.3 Å². The number of sulfonamides is 1. The van der Waals surface area contributed by atoms with Crippen LogP contribution in [0.4, 0.5) is 0 Å². The highest BCUT2D eigenvalue weighted by Gasteiger charge is 2.33. The summed E-state index contributed by atoms with van der Waals surface area (Å²) in [5.41, 5.74) is 5.56. The van der Waals surface area contributed by atoms with Crippen molar-refractivity contribution in [3.8, 4) is 0 Å². The lowest BCUT2D eigenvalue weighted by molar-refractivity contribution is 0.405. The second-order valence-electron chi connectivity index (χ2n) is 4.95. The van der Waals surface area contributed by atoms with Crippen LogP contribution in [0.5, 0.6) is 0 Å². The molecular weight excluding hydrogens is 268 g/mol. The predicted octanol–water partition coefficient (Wildman–Crippen LogP) is 1.89. The van der Waals surface area contributed by atoms with Crippen LogP contribution in [-0.4, -0.2) is 36.1 Å². The van der Waals surface area contributed by atoms with Gasteiger partial charge in [-0.25, -0.2) is 12.7 Å². The Kier molecular flexibility index (Phi) is 6.01. The van der Waals surface area contributed by atoms with Gasteiger partial charge in [0.1, 0.15) is 5.25 Å². The smallest absolute Gasteiger partial charge is 0.223 e. The normalized spacial score (nSPS) is 24.4. The van der Waals surface area contributed by atoms with E-state index in [1.54, 1.807) is 4.31 Å². The molecule has 1 rings (SSSR count). The third-order valence-corrected chi connectivity index (χ3v) is 6.62. The molecule has 0 aliphatic carbocycles. The predicted molar refractivity (Wildman–Crippen MR) is 79.0 cm³/mol. The summed E-state index contributed by atoms with van der Waals surface area (Å²) in [6.07, 6.45) is 4.58. The summed E-state index contributed by atoms with van der Waals surface area (Å²) in [4.78, 5) is 0.0915. The molecule has 6 heteroatoms. The van der Waals surface area contributed by atoms with E-state index >= 15 is 0 Å². The number of hydrogen-bond acceptors (Lipinski definition) is 3. The highest BCUT2D eigenvalue weighted by molar-refractivity contribution is 7.92. The molecule has 0 aromatic carbocycles. The van der Waals surface area contributed by atoms with Gasteiger partial charge in [-0.1, -0.05) is 32.5 Å². The summed E-state index contributed by atoms with van der Waals surface area (Å²) >= 11 is 4.89. The van der Waals surface area contributed by atoms with Gasteiger partial charge in [0.15, 0.2) is 0 Å². The van der Waals surface area contributed by atoms with Gasteiger partial charge in [-0.2, -0.15) is 0 Å². The van der Waals surface area contributed by atoms with Gasteiger partial charge in [0.25, 0.3) is 0 Å². The number of nitrogens with zero attached hydrogens (tertiary/aromatic N) is 1. The van der Waals surface area contributed by atoms with Crippen molar-refractivity contribution in [1.82, 2.24) is 4.31 Å². The molecule has 0 radical (unpaired) electrons. The Morgan fingerprint density at radius 2 is 2.06 bits per heavy atom. The van der Waals surface area contributed by atoms with Crippen LogP contribution >= 0.6 is 12.2 Å². The van der Waals surface area contributed by atoms with Crippen LogP contribution in [0, 0.1) is 5.92 Å². The molecule has 2 N–H and O–H groups in total. The van der Waals surface area contributed by atoms with Crippen LogP contribution in [0.15, 0.2) is 0 Å². The van der Waals surface area contributed by atoms with E-state index in [-0.39, 0.29) is 4.99 Å². The van der Waals surface area contributed by atoms with E-state index in [0.29, 0.717) is 25.4 Å². The number of nitrogens with two attached hydrogens (primary N) is 1. The topological polar surface area (TPSA) is 63.4 Å². The van der Waals surface area contributed by atoms with Crippen LogP contribution in [0.2, 0.25) is 0 Å². The average molecular weight is 292 g/mol. The average Bonchev–Trinajstić information content (AvgIpc) is 2.54. The maximum absolute atomic E-state index is 12.5. The molecule has 2 atom stereocenters. The minimum atomic E-state index is -3.36. The van der Waals surface area contributed by atoms with Gasteiger partial charge >= 0.3 is 0 Å². The molecule has 0 spiro atoms. The largest absolute Gasteiger partial charge is 0.392 e. The Bertz CT molecular complexity index is 382. The second-order valence-corrected chi connectivity index (χ2v) is 7.54. The molecule has 0 saturated carbocycles. The lowest BCUT2D eigenvalue weighted by Crippen LogP contribution is -2.44. The second kappa shape index (κ2) is 6.82. The number of hydrogen-bond donors (Lipinski definition) is 1. The van der Waals surface area contributed by atoms with E-state index in [2.05, 4.69) is 6.92 Å². The molecule has 1 aliphatic heterocycles. The summed E-state index contributed by atoms with van der Waals surface area (Å²) < 4.78 is 26.5. The fourth-order valence-corrected chi connectivity index (χ4v) is 4.89. The summed E-state index contributed by atoms with van der Waals surface area (Å²) in [5.74, 6) is 0.648. The molecule has 0 aromatic heterocycles.